The van der Waals surface area contributed by atoms with Crippen LogP contribution in [0.25, 0.3) is 0 Å². The van der Waals surface area contributed by atoms with Crippen molar-refractivity contribution in [2.75, 3.05) is 0 Å². The summed E-state index contributed by atoms with van der Waals surface area (Å²) in [6.07, 6.45) is 8.05. The highest BCUT2D eigenvalue weighted by atomic mass is 16.7. The van der Waals surface area contributed by atoms with E-state index in [-0.39, 0.29) is 5.57 Å². The van der Waals surface area contributed by atoms with Crippen LogP contribution in [-0.4, -0.2) is 11.9 Å². The van der Waals surface area contributed by atoms with E-state index in [1.54, 1.807) is 12.2 Å². The summed E-state index contributed by atoms with van der Waals surface area (Å²) in [5, 5.41) is 0. The second-order valence-corrected chi connectivity index (χ2v) is 2.69. The van der Waals surface area contributed by atoms with Gasteiger partial charge in [0.05, 0.1) is 0 Å². The van der Waals surface area contributed by atoms with Crippen LogP contribution in [0.1, 0.15) is 6.42 Å². The average Bonchev–Trinajstić information content (AvgIpc) is 2.48. The largest absolute Gasteiger partial charge is 0.369 e. The molecule has 4 heteroatoms. The first-order valence-electron chi connectivity index (χ1n) is 3.88. The first-order chi connectivity index (χ1) is 6.29. The maximum Gasteiger partial charge on any atom is 0.369 e. The number of amides is 1. The Balaban J connectivity index is 2.46. The quantitative estimate of drug-likeness (QED) is 0.430. The number of nitrogens with one attached hydrogen (secondary N) is 1. The molecule has 13 heavy (non-hydrogen) atoms. The van der Waals surface area contributed by atoms with Gasteiger partial charge in [-0.3, -0.25) is 4.79 Å². The molecule has 0 aromatic rings. The smallest absolute Gasteiger partial charge is 0.335 e. The Morgan fingerprint density at radius 3 is 2.46 bits per heavy atom. The number of hydrogen-bond acceptors (Lipinski definition) is 3. The maximum atomic E-state index is 11.1. The van der Waals surface area contributed by atoms with Crippen molar-refractivity contribution < 1.29 is 14.4 Å². The van der Waals surface area contributed by atoms with E-state index in [1.165, 1.54) is 0 Å². The molecule has 2 aliphatic rings. The fourth-order valence-corrected chi connectivity index (χ4v) is 1.23. The molecule has 0 atom stereocenters. The van der Waals surface area contributed by atoms with Gasteiger partial charge in [0.15, 0.2) is 0 Å². The zero-order valence-corrected chi connectivity index (χ0v) is 6.74. The lowest BCUT2D eigenvalue weighted by molar-refractivity contribution is -0.143. The normalized spacial score (nSPS) is 20.6. The van der Waals surface area contributed by atoms with Gasteiger partial charge >= 0.3 is 5.97 Å². The monoisotopic (exact) mass is 177 g/mol. The molecule has 0 spiro atoms. The van der Waals surface area contributed by atoms with Gasteiger partial charge in [-0.2, -0.15) is 5.48 Å². The van der Waals surface area contributed by atoms with E-state index in [0.29, 0.717) is 5.57 Å². The van der Waals surface area contributed by atoms with Crippen molar-refractivity contribution in [1.29, 1.82) is 0 Å². The zero-order valence-electron chi connectivity index (χ0n) is 6.74. The van der Waals surface area contributed by atoms with Crippen molar-refractivity contribution in [3.05, 3.63) is 35.5 Å². The summed E-state index contributed by atoms with van der Waals surface area (Å²) in [5.41, 5.74) is 2.68. The fraction of sp³-hybridized carbons (Fsp3) is 0.111. The second-order valence-electron chi connectivity index (χ2n) is 2.69. The van der Waals surface area contributed by atoms with E-state index >= 15 is 0 Å². The summed E-state index contributed by atoms with van der Waals surface area (Å²) in [6, 6.07) is 0. The Bertz CT molecular complexity index is 331. The van der Waals surface area contributed by atoms with E-state index in [2.05, 4.69) is 4.84 Å². The fourth-order valence-electron chi connectivity index (χ4n) is 1.23. The summed E-state index contributed by atoms with van der Waals surface area (Å²) < 4.78 is 0. The lowest BCUT2D eigenvalue weighted by atomic mass is 10.0. The molecule has 0 saturated carbocycles. The van der Waals surface area contributed by atoms with Gasteiger partial charge in [0.2, 0.25) is 0 Å². The second kappa shape index (κ2) is 2.90. The lowest BCUT2D eigenvalue weighted by Crippen LogP contribution is -2.13. The number of hydroxylamine groups is 1. The summed E-state index contributed by atoms with van der Waals surface area (Å²) in [7, 11) is 0. The minimum absolute atomic E-state index is 0.0761. The molecule has 0 aromatic heterocycles. The molecule has 0 unspecified atom stereocenters. The van der Waals surface area contributed by atoms with Crippen molar-refractivity contribution in [2.45, 2.75) is 6.42 Å². The Morgan fingerprint density at radius 2 is 1.92 bits per heavy atom. The predicted octanol–water partition coefficient (Wildman–Crippen LogP) is 0.387. The number of carbonyl (C=O) groups excluding carboxylic acids is 2. The first-order valence-corrected chi connectivity index (χ1v) is 3.88. The number of hydrogen-bond donors (Lipinski definition) is 1. The highest BCUT2D eigenvalue weighted by molar-refractivity contribution is 6.20. The standard InChI is InChI=1S/C9H7NO3/c11-8-7(9(12)13-10-8)6-4-2-1-3-5-6/h2-5H,1H2,(H,10,11). The van der Waals surface area contributed by atoms with Crippen LogP contribution in [0, 0.1) is 0 Å². The van der Waals surface area contributed by atoms with Gasteiger partial charge in [-0.1, -0.05) is 24.3 Å². The molecule has 4 nitrogen and oxygen atoms in total. The third-order valence-corrected chi connectivity index (χ3v) is 1.82. The van der Waals surface area contributed by atoms with E-state index in [4.69, 9.17) is 0 Å². The summed E-state index contributed by atoms with van der Waals surface area (Å²) in [5.74, 6) is -1.09. The zero-order chi connectivity index (χ0) is 9.26. The van der Waals surface area contributed by atoms with Crippen LogP contribution in [0.4, 0.5) is 0 Å². The summed E-state index contributed by atoms with van der Waals surface area (Å²) >= 11 is 0. The minimum Gasteiger partial charge on any atom is -0.335 e. The highest BCUT2D eigenvalue weighted by Crippen LogP contribution is 2.17. The molecule has 1 N–H and O–H groups in total. The molecule has 1 aliphatic carbocycles. The van der Waals surface area contributed by atoms with E-state index in [0.717, 1.165) is 6.42 Å². The van der Waals surface area contributed by atoms with Crippen LogP contribution < -0.4 is 5.48 Å². The van der Waals surface area contributed by atoms with Crippen LogP contribution in [0.15, 0.2) is 35.5 Å². The molecule has 1 amide bonds. The van der Waals surface area contributed by atoms with Gasteiger partial charge in [-0.25, -0.2) is 4.79 Å². The van der Waals surface area contributed by atoms with E-state index in [9.17, 15) is 9.59 Å². The molecule has 0 aromatic carbocycles. The number of allylic oxidation sites excluding steroid dienone is 5. The van der Waals surface area contributed by atoms with Crippen LogP contribution in [0.2, 0.25) is 0 Å². The van der Waals surface area contributed by atoms with E-state index < -0.39 is 11.9 Å². The molecule has 66 valence electrons. The summed E-state index contributed by atoms with van der Waals surface area (Å²) in [6.45, 7) is 0. The van der Waals surface area contributed by atoms with Gasteiger partial charge in [0.1, 0.15) is 5.57 Å². The van der Waals surface area contributed by atoms with Crippen LogP contribution in [0.5, 0.6) is 0 Å². The molecule has 1 saturated heterocycles. The molecule has 1 fully saturated rings. The van der Waals surface area contributed by atoms with Gasteiger partial charge in [-0.15, -0.1) is 0 Å². The van der Waals surface area contributed by atoms with Gasteiger partial charge in [0, 0.05) is 0 Å². The SMILES string of the molecule is O=C1NOC(=O)C1=C1C=CCC=C1. The molecule has 0 radical (unpaired) electrons. The third-order valence-electron chi connectivity index (χ3n) is 1.82. The van der Waals surface area contributed by atoms with Crippen LogP contribution in [0.3, 0.4) is 0 Å². The molecule has 1 aliphatic heterocycles. The topological polar surface area (TPSA) is 55.4 Å². The molecule has 2 rings (SSSR count). The Kier molecular flexibility index (Phi) is 1.73. The molecular formula is C9H7NO3. The summed E-state index contributed by atoms with van der Waals surface area (Å²) in [4.78, 5) is 26.5. The lowest BCUT2D eigenvalue weighted by Gasteiger charge is -1.99. The van der Waals surface area contributed by atoms with Crippen LogP contribution >= 0.6 is 0 Å². The Labute approximate surface area is 74.5 Å². The molecular weight excluding hydrogens is 170 g/mol. The van der Waals surface area contributed by atoms with Crippen molar-refractivity contribution in [3.8, 4) is 0 Å². The Hall–Kier alpha value is -1.84. The van der Waals surface area contributed by atoms with Crippen LogP contribution in [-0.2, 0) is 14.4 Å². The third kappa shape index (κ3) is 1.26. The van der Waals surface area contributed by atoms with Crippen molar-refractivity contribution >= 4 is 11.9 Å². The van der Waals surface area contributed by atoms with Crippen molar-refractivity contribution in [2.24, 2.45) is 0 Å². The molecule has 0 bridgehead atoms. The number of rotatable bonds is 0. The first kappa shape index (κ1) is 7.79. The Morgan fingerprint density at radius 1 is 1.23 bits per heavy atom. The number of carbonyl (C=O) groups is 2. The van der Waals surface area contributed by atoms with Crippen molar-refractivity contribution in [1.82, 2.24) is 5.48 Å². The van der Waals surface area contributed by atoms with Gasteiger partial charge in [0.25, 0.3) is 5.91 Å². The van der Waals surface area contributed by atoms with Crippen molar-refractivity contribution in [3.63, 3.8) is 0 Å². The predicted molar refractivity (Wildman–Crippen MR) is 44.2 cm³/mol. The van der Waals surface area contributed by atoms with E-state index in [1.807, 2.05) is 17.6 Å². The maximum absolute atomic E-state index is 11.1. The molecule has 1 heterocycles. The average molecular weight is 177 g/mol. The minimum atomic E-state index is -0.615. The highest BCUT2D eigenvalue weighted by Gasteiger charge is 2.30. The van der Waals surface area contributed by atoms with Gasteiger partial charge in [-0.05, 0) is 12.0 Å². The van der Waals surface area contributed by atoms with Gasteiger partial charge < -0.3 is 4.84 Å².